The lowest BCUT2D eigenvalue weighted by Crippen LogP contribution is -2.23. The molecule has 0 bridgehead atoms. The first-order valence-corrected chi connectivity index (χ1v) is 34.2. The number of fused-ring (bicyclic) bond motifs is 5. The van der Waals surface area contributed by atoms with E-state index in [0.29, 0.717) is 45.7 Å². The molecule has 11 aromatic rings. The van der Waals surface area contributed by atoms with E-state index in [1.54, 1.807) is 48.7 Å². The molecular weight excluding hydrogens is 1270 g/mol. The number of thiophene rings is 2. The topological polar surface area (TPSA) is 145 Å². The zero-order valence-corrected chi connectivity index (χ0v) is 52.7. The molecule has 14 rings (SSSR count). The maximum atomic E-state index is 14.0. The average molecular weight is 1330 g/mol. The van der Waals surface area contributed by atoms with E-state index < -0.39 is 58.6 Å². The zero-order chi connectivity index (χ0) is 63.8. The fourth-order valence-electron chi connectivity index (χ4n) is 11.4. The Morgan fingerprint density at radius 2 is 0.878 bits per heavy atom. The summed E-state index contributed by atoms with van der Waals surface area (Å²) in [6, 6.07) is 32.6. The van der Waals surface area contributed by atoms with Crippen LogP contribution in [0, 0.1) is 5.82 Å². The quantitative estimate of drug-likeness (QED) is 0.128. The Morgan fingerprint density at radius 1 is 0.456 bits per heavy atom. The molecule has 0 aliphatic carbocycles. The number of nitrogens with zero attached hydrogens (tertiary/aromatic N) is 8. The van der Waals surface area contributed by atoms with Crippen molar-refractivity contribution in [3.8, 4) is 0 Å². The summed E-state index contributed by atoms with van der Waals surface area (Å²) >= 11 is 2.40. The smallest absolute Gasteiger partial charge is 0.302 e. The summed E-state index contributed by atoms with van der Waals surface area (Å²) < 4.78 is 182. The fourth-order valence-corrected chi connectivity index (χ4v) is 18.7. The van der Waals surface area contributed by atoms with E-state index in [-0.39, 0.29) is 19.8 Å². The van der Waals surface area contributed by atoms with Crippen molar-refractivity contribution in [3.05, 3.63) is 198 Å². The molecule has 90 heavy (non-hydrogen) atoms. The van der Waals surface area contributed by atoms with E-state index in [2.05, 4.69) is 25.9 Å². The van der Waals surface area contributed by atoms with Gasteiger partial charge < -0.3 is 14.7 Å². The third-order valence-corrected chi connectivity index (χ3v) is 24.4. The van der Waals surface area contributed by atoms with Crippen molar-refractivity contribution in [1.82, 2.24) is 36.4 Å². The van der Waals surface area contributed by atoms with Gasteiger partial charge in [0.25, 0.3) is 30.1 Å². The van der Waals surface area contributed by atoms with Crippen LogP contribution in [0.1, 0.15) is 47.2 Å². The molecule has 0 unspecified atom stereocenters. The molecule has 6 aromatic heterocycles. The van der Waals surface area contributed by atoms with Gasteiger partial charge in [-0.15, -0.1) is 22.7 Å². The molecule has 468 valence electrons. The highest BCUT2D eigenvalue weighted by atomic mass is 32.3. The van der Waals surface area contributed by atoms with Crippen LogP contribution in [0.15, 0.2) is 178 Å². The average Bonchev–Trinajstić information content (AvgIpc) is 1.60. The van der Waals surface area contributed by atoms with Crippen molar-refractivity contribution < 1.29 is 56.0 Å². The largest absolute Gasteiger partial charge is 0.436 e. The zero-order valence-electron chi connectivity index (χ0n) is 48.7. The SMILES string of the molecule is CN1CC=C(c2cn(S(=O)(=O)c3cc4ccccc4s3)c3ccc(C(F)(F)F)cc23)CC1.CN1CC=C(c2cn(S(=O)(=O)c3cc4ccccc4s3)c3ccc(F)cc23)CC1.CN1CC=C(c2cn(S(=O)(=O)c3cn(C)nc3C(F)(F)F)c3ccccc23)CC1. The molecule has 3 aliphatic heterocycles. The van der Waals surface area contributed by atoms with E-state index in [9.17, 15) is 56.0 Å². The minimum Gasteiger partial charge on any atom is -0.302 e. The molecule has 0 N–H and O–H groups in total. The third-order valence-electron chi connectivity index (χ3n) is 16.2. The Labute approximate surface area is 522 Å². The Morgan fingerprint density at radius 3 is 1.33 bits per heavy atom. The van der Waals surface area contributed by atoms with E-state index in [0.717, 1.165) is 136 Å². The van der Waals surface area contributed by atoms with Crippen LogP contribution in [0.5, 0.6) is 0 Å². The molecule has 3 aliphatic rings. The van der Waals surface area contributed by atoms with Gasteiger partial charge in [0.05, 0.1) is 22.1 Å². The minimum atomic E-state index is -4.88. The van der Waals surface area contributed by atoms with Gasteiger partial charge in [-0.25, -0.2) is 24.7 Å². The molecule has 14 nitrogen and oxygen atoms in total. The number of rotatable bonds is 9. The van der Waals surface area contributed by atoms with Crippen molar-refractivity contribution in [3.63, 3.8) is 0 Å². The summed E-state index contributed by atoms with van der Waals surface area (Å²) in [7, 11) is -5.04. The molecule has 0 saturated heterocycles. The Bertz CT molecular complexity index is 5020. The highest BCUT2D eigenvalue weighted by Crippen LogP contribution is 2.42. The van der Waals surface area contributed by atoms with Crippen molar-refractivity contribution >= 4 is 122 Å². The molecule has 0 atom stereocenters. The number of aryl methyl sites for hydroxylation is 1. The first-order chi connectivity index (χ1) is 42.7. The lowest BCUT2D eigenvalue weighted by atomic mass is 9.98. The second-order valence-electron chi connectivity index (χ2n) is 22.4. The van der Waals surface area contributed by atoms with Gasteiger partial charge in [-0.05, 0) is 135 Å². The highest BCUT2D eigenvalue weighted by Gasteiger charge is 2.42. The monoisotopic (exact) mass is 1330 g/mol. The third kappa shape index (κ3) is 12.0. The first kappa shape index (κ1) is 62.5. The van der Waals surface area contributed by atoms with Crippen LogP contribution in [0.25, 0.3) is 69.6 Å². The lowest BCUT2D eigenvalue weighted by molar-refractivity contribution is -0.143. The molecule has 0 radical (unpaired) electrons. The number of hydrogen-bond donors (Lipinski definition) is 0. The molecule has 5 aromatic carbocycles. The minimum absolute atomic E-state index is 0.152. The summed E-state index contributed by atoms with van der Waals surface area (Å²) in [6.07, 6.45) is 4.27. The molecule has 9 heterocycles. The summed E-state index contributed by atoms with van der Waals surface area (Å²) in [6.45, 7) is 4.63. The van der Waals surface area contributed by atoms with Crippen molar-refractivity contribution in [2.75, 3.05) is 60.4 Å². The number of alkyl halides is 6. The predicted molar refractivity (Wildman–Crippen MR) is 341 cm³/mol. The molecule has 0 amide bonds. The van der Waals surface area contributed by atoms with Gasteiger partial charge in [-0.1, -0.05) is 72.8 Å². The van der Waals surface area contributed by atoms with Gasteiger partial charge in [0.2, 0.25) is 0 Å². The van der Waals surface area contributed by atoms with Crippen LogP contribution >= 0.6 is 22.7 Å². The van der Waals surface area contributed by atoms with Crippen LogP contribution in [0.2, 0.25) is 0 Å². The summed E-state index contributed by atoms with van der Waals surface area (Å²) in [5.74, 6) is -0.371. The number of para-hydroxylation sites is 1. The normalized spacial score (nSPS) is 16.1. The van der Waals surface area contributed by atoms with E-state index >= 15 is 0 Å². The maximum Gasteiger partial charge on any atom is 0.436 e. The van der Waals surface area contributed by atoms with Crippen molar-refractivity contribution in [2.45, 2.75) is 44.9 Å². The van der Waals surface area contributed by atoms with Crippen LogP contribution in [0.3, 0.4) is 0 Å². The van der Waals surface area contributed by atoms with Gasteiger partial charge >= 0.3 is 12.4 Å². The second-order valence-corrected chi connectivity index (χ2v) is 30.4. The molecular formula is C64H57F7N8O6S5. The Hall–Kier alpha value is -7.69. The van der Waals surface area contributed by atoms with Crippen LogP contribution in [0.4, 0.5) is 30.7 Å². The molecule has 0 spiro atoms. The molecule has 0 saturated carbocycles. The standard InChI is InChI=1S/C23H19F3N2O2S2.C22H19FN2O2S2.C19H19F3N4O2S/c1-27-10-8-15(9-11-27)19-14-28(20-7-6-17(13-18(19)20)23(24,25)26)32(29,30)22-12-16-4-2-3-5-21(16)31-22;1-24-10-8-15(9-11-24)19-14-25(20-7-6-17(23)13-18(19)20)29(26,27)22-12-16-4-2-3-5-21(16)28-22;1-24-9-7-13(8-10-24)15-11-26(16-6-4-3-5-14(15)16)29(27,28)17-12-25(2)23-18(17)19(20,21)22/h2-8,12-14H,9-11H2,1H3;2-8,12-14H,9-11H2,1H3;3-7,11-12H,8-10H2,1-2H3. The summed E-state index contributed by atoms with van der Waals surface area (Å²) in [5.41, 5.74) is 3.80. The lowest BCUT2D eigenvalue weighted by Gasteiger charge is -2.21. The van der Waals surface area contributed by atoms with Crippen molar-refractivity contribution in [1.29, 1.82) is 0 Å². The maximum absolute atomic E-state index is 14.0. The highest BCUT2D eigenvalue weighted by molar-refractivity contribution is 7.92. The number of likely N-dealkylation sites (N-methyl/N-ethyl adjacent to an activating group) is 3. The summed E-state index contributed by atoms with van der Waals surface area (Å²) in [4.78, 5) is 5.55. The van der Waals surface area contributed by atoms with Crippen molar-refractivity contribution in [2.24, 2.45) is 7.05 Å². The second kappa shape index (κ2) is 23.8. The number of aromatic nitrogens is 5. The van der Waals surface area contributed by atoms with Gasteiger partial charge in [0.15, 0.2) is 5.69 Å². The number of benzene rings is 5. The fraction of sp³-hybridized carbons (Fsp3) is 0.234. The van der Waals surface area contributed by atoms with Crippen LogP contribution in [-0.4, -0.2) is 122 Å². The molecule has 26 heteroatoms. The van der Waals surface area contributed by atoms with Crippen LogP contribution < -0.4 is 0 Å². The predicted octanol–water partition coefficient (Wildman–Crippen LogP) is 14.1. The van der Waals surface area contributed by atoms with Crippen LogP contribution in [-0.2, 0) is 49.5 Å². The number of halogens is 7. The molecule has 0 fully saturated rings. The van der Waals surface area contributed by atoms with Gasteiger partial charge in [-0.3, -0.25) is 4.68 Å². The summed E-state index contributed by atoms with van der Waals surface area (Å²) in [5, 5.41) is 6.66. The Kier molecular flexibility index (Phi) is 16.6. The van der Waals surface area contributed by atoms with Gasteiger partial charge in [-0.2, -0.15) is 48.3 Å². The van der Waals surface area contributed by atoms with E-state index in [1.807, 2.05) is 81.8 Å². The van der Waals surface area contributed by atoms with E-state index in [4.69, 9.17) is 0 Å². The van der Waals surface area contributed by atoms with E-state index in [1.165, 1.54) is 52.9 Å². The van der Waals surface area contributed by atoms with Gasteiger partial charge in [0.1, 0.15) is 19.1 Å². The first-order valence-electron chi connectivity index (χ1n) is 28.3. The number of hydrogen-bond acceptors (Lipinski definition) is 12. The Balaban J connectivity index is 0.000000131. The van der Waals surface area contributed by atoms with Gasteiger partial charge in [0, 0.05) is 113 Å².